The first-order valence-corrected chi connectivity index (χ1v) is 4.53. The van der Waals surface area contributed by atoms with Gasteiger partial charge in [0.05, 0.1) is 5.69 Å². The Balaban J connectivity index is 2.56. The van der Waals surface area contributed by atoms with Crippen LogP contribution in [0.3, 0.4) is 0 Å². The molecule has 0 saturated heterocycles. The highest BCUT2D eigenvalue weighted by Crippen LogP contribution is 2.21. The molecule has 0 atom stereocenters. The number of benzene rings is 1. The first kappa shape index (κ1) is 9.40. The van der Waals surface area contributed by atoms with E-state index in [1.165, 1.54) is 6.08 Å². The fourth-order valence-electron chi connectivity index (χ4n) is 1.32. The Bertz CT molecular complexity index is 484. The van der Waals surface area contributed by atoms with Crippen LogP contribution in [-0.4, -0.2) is 16.8 Å². The van der Waals surface area contributed by atoms with Crippen molar-refractivity contribution >= 4 is 23.4 Å². The summed E-state index contributed by atoms with van der Waals surface area (Å²) in [6, 6.07) is 7.42. The van der Waals surface area contributed by atoms with Crippen molar-refractivity contribution in [2.75, 3.05) is 0 Å². The van der Waals surface area contributed by atoms with E-state index in [0.717, 1.165) is 5.56 Å². The molecular weight excluding hydrogens is 190 g/mol. The Morgan fingerprint density at radius 1 is 1.13 bits per heavy atom. The van der Waals surface area contributed by atoms with Gasteiger partial charge >= 0.3 is 5.97 Å². The van der Waals surface area contributed by atoms with Crippen LogP contribution in [0.25, 0.3) is 6.08 Å². The van der Waals surface area contributed by atoms with Crippen molar-refractivity contribution in [3.63, 3.8) is 0 Å². The van der Waals surface area contributed by atoms with E-state index in [2.05, 4.69) is 4.99 Å². The Morgan fingerprint density at radius 3 is 2.67 bits per heavy atom. The molecule has 1 aromatic carbocycles. The number of aliphatic imine (C=N–C) groups is 1. The van der Waals surface area contributed by atoms with Crippen molar-refractivity contribution in [1.82, 2.24) is 0 Å². The molecule has 0 aliphatic carbocycles. The van der Waals surface area contributed by atoms with Crippen molar-refractivity contribution in [2.45, 2.75) is 0 Å². The van der Waals surface area contributed by atoms with Gasteiger partial charge in [-0.05, 0) is 12.1 Å². The van der Waals surface area contributed by atoms with Gasteiger partial charge < -0.3 is 5.11 Å². The van der Waals surface area contributed by atoms with Crippen molar-refractivity contribution < 1.29 is 9.90 Å². The van der Waals surface area contributed by atoms with Crippen LogP contribution < -0.4 is 0 Å². The molecule has 3 heteroatoms. The molecule has 1 aromatic rings. The van der Waals surface area contributed by atoms with E-state index in [9.17, 15) is 4.79 Å². The van der Waals surface area contributed by atoms with E-state index in [1.807, 2.05) is 24.3 Å². The molecule has 3 nitrogen and oxygen atoms in total. The third-order valence-electron chi connectivity index (χ3n) is 2.04. The van der Waals surface area contributed by atoms with Gasteiger partial charge in [-0.15, -0.1) is 0 Å². The monoisotopic (exact) mass is 199 g/mol. The third-order valence-corrected chi connectivity index (χ3v) is 2.04. The van der Waals surface area contributed by atoms with Gasteiger partial charge in [-0.25, -0.2) is 9.79 Å². The molecule has 74 valence electrons. The van der Waals surface area contributed by atoms with E-state index in [1.54, 1.807) is 18.2 Å². The number of allylic oxidation sites excluding steroid dienone is 2. The second-order valence-electron chi connectivity index (χ2n) is 3.08. The van der Waals surface area contributed by atoms with E-state index in [0.29, 0.717) is 5.69 Å². The van der Waals surface area contributed by atoms with Crippen molar-refractivity contribution in [3.05, 3.63) is 48.1 Å². The quantitative estimate of drug-likeness (QED) is 0.755. The first-order valence-electron chi connectivity index (χ1n) is 4.53. The standard InChI is InChI=1S/C12H9NO2/c14-12(15)11-8-4-2-6-9-5-1-3-7-10(9)13-11/h1-8H,(H,14,15)/b4-2?,6-2+,8-4?,9-6?,11-8?,13-10?,13-11?. The number of carbonyl (C=O) groups is 1. The van der Waals surface area contributed by atoms with Gasteiger partial charge in [0.2, 0.25) is 0 Å². The molecule has 0 bridgehead atoms. The van der Waals surface area contributed by atoms with Gasteiger partial charge in [0.15, 0.2) is 0 Å². The molecule has 0 spiro atoms. The molecule has 1 aliphatic heterocycles. The number of hydrogen-bond acceptors (Lipinski definition) is 2. The summed E-state index contributed by atoms with van der Waals surface area (Å²) in [5, 5.41) is 8.87. The number of carboxylic acid groups (broad SMARTS) is 1. The minimum Gasteiger partial charge on any atom is -0.477 e. The smallest absolute Gasteiger partial charge is 0.354 e. The topological polar surface area (TPSA) is 49.7 Å². The summed E-state index contributed by atoms with van der Waals surface area (Å²) < 4.78 is 0. The molecule has 0 radical (unpaired) electrons. The molecule has 1 heterocycles. The Morgan fingerprint density at radius 2 is 1.87 bits per heavy atom. The summed E-state index contributed by atoms with van der Waals surface area (Å²) in [5.74, 6) is -1.02. The lowest BCUT2D eigenvalue weighted by atomic mass is 10.1. The van der Waals surface area contributed by atoms with E-state index in [-0.39, 0.29) is 5.71 Å². The maximum absolute atomic E-state index is 10.8. The third kappa shape index (κ3) is 2.02. The van der Waals surface area contributed by atoms with E-state index < -0.39 is 5.97 Å². The van der Waals surface area contributed by atoms with Gasteiger partial charge in [-0.1, -0.05) is 36.4 Å². The lowest BCUT2D eigenvalue weighted by Gasteiger charge is -2.03. The number of hydrogen-bond donors (Lipinski definition) is 1. The SMILES string of the molecule is O=C(O)C1=Nc2ccccc2/C=C/C=C1. The molecule has 0 saturated carbocycles. The molecule has 0 unspecified atom stereocenters. The van der Waals surface area contributed by atoms with Crippen LogP contribution >= 0.6 is 0 Å². The fraction of sp³-hybridized carbons (Fsp3) is 0. The second kappa shape index (κ2) is 3.92. The zero-order chi connectivity index (χ0) is 10.7. The Hall–Kier alpha value is -2.16. The molecule has 0 amide bonds. The van der Waals surface area contributed by atoms with Gasteiger partial charge in [-0.2, -0.15) is 0 Å². The highest BCUT2D eigenvalue weighted by molar-refractivity contribution is 6.41. The number of rotatable bonds is 1. The predicted octanol–water partition coefficient (Wildman–Crippen LogP) is 2.43. The van der Waals surface area contributed by atoms with Crippen LogP contribution in [0.4, 0.5) is 5.69 Å². The molecule has 2 rings (SSSR count). The lowest BCUT2D eigenvalue weighted by molar-refractivity contribution is -0.129. The van der Waals surface area contributed by atoms with Gasteiger partial charge in [-0.3, -0.25) is 0 Å². The maximum Gasteiger partial charge on any atom is 0.354 e. The number of para-hydroxylation sites is 1. The predicted molar refractivity (Wildman–Crippen MR) is 59.3 cm³/mol. The number of nitrogens with zero attached hydrogens (tertiary/aromatic N) is 1. The van der Waals surface area contributed by atoms with Crippen LogP contribution in [0.5, 0.6) is 0 Å². The highest BCUT2D eigenvalue weighted by atomic mass is 16.4. The first-order chi connectivity index (χ1) is 7.27. The largest absolute Gasteiger partial charge is 0.477 e. The number of fused-ring (bicyclic) bond motifs is 1. The van der Waals surface area contributed by atoms with Crippen molar-refractivity contribution in [1.29, 1.82) is 0 Å². The zero-order valence-electron chi connectivity index (χ0n) is 7.92. The minimum absolute atomic E-state index is 0.0480. The molecule has 1 aliphatic rings. The van der Waals surface area contributed by atoms with Crippen LogP contribution in [0, 0.1) is 0 Å². The van der Waals surface area contributed by atoms with Crippen molar-refractivity contribution in [3.8, 4) is 0 Å². The maximum atomic E-state index is 10.8. The van der Waals surface area contributed by atoms with Crippen molar-refractivity contribution in [2.24, 2.45) is 4.99 Å². The average Bonchev–Trinajstić information content (AvgIpc) is 2.18. The second-order valence-corrected chi connectivity index (χ2v) is 3.08. The van der Waals surface area contributed by atoms with Gasteiger partial charge in [0.25, 0.3) is 0 Å². The summed E-state index contributed by atoms with van der Waals surface area (Å²) in [6.45, 7) is 0. The highest BCUT2D eigenvalue weighted by Gasteiger charge is 2.07. The molecule has 0 aromatic heterocycles. The van der Waals surface area contributed by atoms with Crippen LogP contribution in [0.15, 0.2) is 47.5 Å². The van der Waals surface area contributed by atoms with Gasteiger partial charge in [0.1, 0.15) is 5.71 Å². The number of aliphatic carboxylic acids is 1. The van der Waals surface area contributed by atoms with Crippen LogP contribution in [-0.2, 0) is 4.79 Å². The zero-order valence-corrected chi connectivity index (χ0v) is 7.92. The van der Waals surface area contributed by atoms with E-state index >= 15 is 0 Å². The molecule has 0 fully saturated rings. The summed E-state index contributed by atoms with van der Waals surface area (Å²) in [5.41, 5.74) is 1.64. The fourth-order valence-corrected chi connectivity index (χ4v) is 1.32. The normalized spacial score (nSPS) is 15.9. The number of carboxylic acids is 1. The Labute approximate surface area is 87.1 Å². The molecule has 1 N–H and O–H groups in total. The molecular formula is C12H9NO2. The van der Waals surface area contributed by atoms with E-state index in [4.69, 9.17) is 5.11 Å². The van der Waals surface area contributed by atoms with Crippen LogP contribution in [0.1, 0.15) is 5.56 Å². The average molecular weight is 199 g/mol. The summed E-state index contributed by atoms with van der Waals surface area (Å²) in [4.78, 5) is 14.9. The summed E-state index contributed by atoms with van der Waals surface area (Å²) >= 11 is 0. The molecule has 15 heavy (non-hydrogen) atoms. The van der Waals surface area contributed by atoms with Gasteiger partial charge in [0, 0.05) is 5.56 Å². The lowest BCUT2D eigenvalue weighted by Crippen LogP contribution is -2.09. The Kier molecular flexibility index (Phi) is 2.46. The summed E-state index contributed by atoms with van der Waals surface area (Å²) in [7, 11) is 0. The summed E-state index contributed by atoms with van der Waals surface area (Å²) in [6.07, 6.45) is 6.85. The minimum atomic E-state index is -1.02. The van der Waals surface area contributed by atoms with Crippen LogP contribution in [0.2, 0.25) is 0 Å².